The van der Waals surface area contributed by atoms with Crippen LogP contribution in [0.4, 0.5) is 0 Å². The number of halogens is 1. The molecule has 1 rings (SSSR count). The van der Waals surface area contributed by atoms with Crippen LogP contribution in [0.3, 0.4) is 0 Å². The van der Waals surface area contributed by atoms with E-state index in [4.69, 9.17) is 16.7 Å². The Bertz CT molecular complexity index is 284. The third-order valence-electron chi connectivity index (χ3n) is 2.22. The van der Waals surface area contributed by atoms with Crippen molar-refractivity contribution >= 4 is 11.6 Å². The lowest BCUT2D eigenvalue weighted by Gasteiger charge is -2.15. The molecule has 1 aromatic carbocycles. The molecule has 0 aliphatic carbocycles. The zero-order chi connectivity index (χ0) is 11.3. The normalized spacial score (nSPS) is 14.9. The molecule has 0 heterocycles. The first kappa shape index (κ1) is 12.5. The molecule has 0 amide bonds. The summed E-state index contributed by atoms with van der Waals surface area (Å²) in [4.78, 5) is 0. The van der Waals surface area contributed by atoms with Gasteiger partial charge >= 0.3 is 0 Å². The molecule has 0 radical (unpaired) electrons. The average Bonchev–Trinajstić information content (AvgIpc) is 2.19. The lowest BCUT2D eigenvalue weighted by atomic mass is 10.1. The number of aliphatic hydroxyl groups excluding tert-OH is 1. The summed E-state index contributed by atoms with van der Waals surface area (Å²) in [5, 5.41) is 13.2. The molecule has 2 atom stereocenters. The third-order valence-corrected chi connectivity index (χ3v) is 2.47. The minimum Gasteiger partial charge on any atom is -0.392 e. The van der Waals surface area contributed by atoms with Gasteiger partial charge in [-0.2, -0.15) is 0 Å². The molecule has 0 saturated heterocycles. The van der Waals surface area contributed by atoms with Crippen molar-refractivity contribution in [1.29, 1.82) is 0 Å². The fraction of sp³-hybridized carbons (Fsp3) is 0.500. The van der Waals surface area contributed by atoms with Gasteiger partial charge in [0.15, 0.2) is 0 Å². The standard InChI is InChI=1S/C12H18ClNO/c1-9(14-8-10(2)15)7-11-3-5-12(13)6-4-11/h3-6,9-10,14-15H,7-8H2,1-2H3/t9-,10-/m1/s1. The Morgan fingerprint density at radius 2 is 1.87 bits per heavy atom. The number of aliphatic hydroxyl groups is 1. The van der Waals surface area contributed by atoms with Crippen molar-refractivity contribution < 1.29 is 5.11 Å². The van der Waals surface area contributed by atoms with E-state index >= 15 is 0 Å². The lowest BCUT2D eigenvalue weighted by Crippen LogP contribution is -2.33. The van der Waals surface area contributed by atoms with E-state index < -0.39 is 0 Å². The van der Waals surface area contributed by atoms with Crippen molar-refractivity contribution in [2.24, 2.45) is 0 Å². The number of rotatable bonds is 5. The second-order valence-corrected chi connectivity index (χ2v) is 4.43. The van der Waals surface area contributed by atoms with Gasteiger partial charge in [0.05, 0.1) is 6.10 Å². The minimum absolute atomic E-state index is 0.294. The Balaban J connectivity index is 2.37. The van der Waals surface area contributed by atoms with Gasteiger partial charge in [-0.1, -0.05) is 23.7 Å². The lowest BCUT2D eigenvalue weighted by molar-refractivity contribution is 0.187. The molecule has 0 unspecified atom stereocenters. The Labute approximate surface area is 96.3 Å². The molecule has 3 heteroatoms. The van der Waals surface area contributed by atoms with Crippen LogP contribution < -0.4 is 5.32 Å². The Kier molecular flexibility index (Phi) is 5.09. The first-order valence-electron chi connectivity index (χ1n) is 5.24. The molecule has 2 nitrogen and oxygen atoms in total. The first-order chi connectivity index (χ1) is 7.08. The fourth-order valence-electron chi connectivity index (χ4n) is 1.42. The molecular weight excluding hydrogens is 210 g/mol. The van der Waals surface area contributed by atoms with Crippen LogP contribution in [0.5, 0.6) is 0 Å². The van der Waals surface area contributed by atoms with Gasteiger partial charge in [-0.15, -0.1) is 0 Å². The van der Waals surface area contributed by atoms with Crippen molar-refractivity contribution in [3.05, 3.63) is 34.9 Å². The van der Waals surface area contributed by atoms with E-state index in [2.05, 4.69) is 12.2 Å². The smallest absolute Gasteiger partial charge is 0.0636 e. The number of hydrogen-bond donors (Lipinski definition) is 2. The minimum atomic E-state index is -0.294. The molecule has 0 fully saturated rings. The van der Waals surface area contributed by atoms with Crippen molar-refractivity contribution in [3.63, 3.8) is 0 Å². The molecule has 0 spiro atoms. The maximum atomic E-state index is 9.12. The predicted molar refractivity (Wildman–Crippen MR) is 64.3 cm³/mol. The van der Waals surface area contributed by atoms with Crippen LogP contribution >= 0.6 is 11.6 Å². The number of benzene rings is 1. The summed E-state index contributed by atoms with van der Waals surface area (Å²) in [7, 11) is 0. The predicted octanol–water partition coefficient (Wildman–Crippen LogP) is 2.24. The monoisotopic (exact) mass is 227 g/mol. The van der Waals surface area contributed by atoms with Crippen LogP contribution in [0.25, 0.3) is 0 Å². The van der Waals surface area contributed by atoms with Gasteiger partial charge in [-0.25, -0.2) is 0 Å². The largest absolute Gasteiger partial charge is 0.392 e. The summed E-state index contributed by atoms with van der Waals surface area (Å²) in [6.07, 6.45) is 0.654. The summed E-state index contributed by atoms with van der Waals surface area (Å²) in [5.41, 5.74) is 1.25. The van der Waals surface area contributed by atoms with Gasteiger partial charge in [0.25, 0.3) is 0 Å². The maximum absolute atomic E-state index is 9.12. The molecule has 0 saturated carbocycles. The fourth-order valence-corrected chi connectivity index (χ4v) is 1.54. The van der Waals surface area contributed by atoms with Crippen molar-refractivity contribution in [3.8, 4) is 0 Å². The molecule has 0 aliphatic rings. The molecule has 15 heavy (non-hydrogen) atoms. The van der Waals surface area contributed by atoms with E-state index in [-0.39, 0.29) is 6.10 Å². The SMILES string of the molecule is C[C@H](Cc1ccc(Cl)cc1)NC[C@@H](C)O. The summed E-state index contributed by atoms with van der Waals surface area (Å²) in [6, 6.07) is 8.23. The van der Waals surface area contributed by atoms with E-state index in [1.807, 2.05) is 24.3 Å². The molecule has 2 N–H and O–H groups in total. The van der Waals surface area contributed by atoms with Gasteiger partial charge in [0.1, 0.15) is 0 Å². The van der Waals surface area contributed by atoms with E-state index in [0.717, 1.165) is 11.4 Å². The molecule has 1 aromatic rings. The topological polar surface area (TPSA) is 32.3 Å². The van der Waals surface area contributed by atoms with Crippen LogP contribution in [0.1, 0.15) is 19.4 Å². The quantitative estimate of drug-likeness (QED) is 0.809. The summed E-state index contributed by atoms with van der Waals surface area (Å²) in [5.74, 6) is 0. The van der Waals surface area contributed by atoms with Crippen LogP contribution in [0.15, 0.2) is 24.3 Å². The van der Waals surface area contributed by atoms with Crippen LogP contribution in [-0.2, 0) is 6.42 Å². The summed E-state index contributed by atoms with van der Waals surface area (Å²) >= 11 is 5.80. The Morgan fingerprint density at radius 1 is 1.27 bits per heavy atom. The van der Waals surface area contributed by atoms with Gasteiger partial charge in [0, 0.05) is 17.6 Å². The zero-order valence-electron chi connectivity index (χ0n) is 9.20. The van der Waals surface area contributed by atoms with E-state index in [9.17, 15) is 0 Å². The van der Waals surface area contributed by atoms with E-state index in [1.54, 1.807) is 6.92 Å². The number of hydrogen-bond acceptors (Lipinski definition) is 2. The van der Waals surface area contributed by atoms with Gasteiger partial charge in [-0.05, 0) is 38.0 Å². The van der Waals surface area contributed by atoms with Gasteiger partial charge in [-0.3, -0.25) is 0 Å². The molecule has 0 bridgehead atoms. The van der Waals surface area contributed by atoms with Crippen molar-refractivity contribution in [2.75, 3.05) is 6.54 Å². The molecular formula is C12H18ClNO. The second kappa shape index (κ2) is 6.11. The molecule has 0 aromatic heterocycles. The molecule has 84 valence electrons. The highest BCUT2D eigenvalue weighted by molar-refractivity contribution is 6.30. The summed E-state index contributed by atoms with van der Waals surface area (Å²) < 4.78 is 0. The highest BCUT2D eigenvalue weighted by atomic mass is 35.5. The van der Waals surface area contributed by atoms with Crippen LogP contribution in [-0.4, -0.2) is 23.8 Å². The molecule has 0 aliphatic heterocycles. The third kappa shape index (κ3) is 5.17. The zero-order valence-corrected chi connectivity index (χ0v) is 9.96. The van der Waals surface area contributed by atoms with E-state index in [0.29, 0.717) is 12.6 Å². The van der Waals surface area contributed by atoms with Gasteiger partial charge < -0.3 is 10.4 Å². The Hall–Kier alpha value is -0.570. The van der Waals surface area contributed by atoms with E-state index in [1.165, 1.54) is 5.56 Å². The number of nitrogens with one attached hydrogen (secondary N) is 1. The van der Waals surface area contributed by atoms with Gasteiger partial charge in [0.2, 0.25) is 0 Å². The highest BCUT2D eigenvalue weighted by Gasteiger charge is 2.04. The van der Waals surface area contributed by atoms with Crippen LogP contribution in [0, 0.1) is 0 Å². The average molecular weight is 228 g/mol. The first-order valence-corrected chi connectivity index (χ1v) is 5.61. The Morgan fingerprint density at radius 3 is 2.40 bits per heavy atom. The van der Waals surface area contributed by atoms with Crippen molar-refractivity contribution in [1.82, 2.24) is 5.32 Å². The maximum Gasteiger partial charge on any atom is 0.0636 e. The van der Waals surface area contributed by atoms with Crippen LogP contribution in [0.2, 0.25) is 5.02 Å². The highest BCUT2D eigenvalue weighted by Crippen LogP contribution is 2.10. The van der Waals surface area contributed by atoms with Crippen molar-refractivity contribution in [2.45, 2.75) is 32.4 Å². The summed E-state index contributed by atoms with van der Waals surface area (Å²) in [6.45, 7) is 4.52. The second-order valence-electron chi connectivity index (χ2n) is 3.99.